The lowest BCUT2D eigenvalue weighted by Crippen LogP contribution is -2.54. The molecule has 0 aromatic rings. The highest BCUT2D eigenvalue weighted by Crippen LogP contribution is 2.16. The van der Waals surface area contributed by atoms with Crippen LogP contribution in [-0.2, 0) is 9.53 Å². The van der Waals surface area contributed by atoms with Crippen molar-refractivity contribution in [2.45, 2.75) is 52.2 Å². The molecular weight excluding hydrogens is 222 g/mol. The molecule has 0 aromatic carbocycles. The van der Waals surface area contributed by atoms with E-state index in [0.29, 0.717) is 6.42 Å². The maximum atomic E-state index is 11.6. The summed E-state index contributed by atoms with van der Waals surface area (Å²) in [6.07, 6.45) is 1.29. The van der Waals surface area contributed by atoms with Gasteiger partial charge in [0, 0.05) is 0 Å². The number of carbonyl (C=O) groups is 1. The first-order chi connectivity index (χ1) is 7.64. The van der Waals surface area contributed by atoms with Crippen LogP contribution in [0.15, 0.2) is 0 Å². The lowest BCUT2D eigenvalue weighted by atomic mass is 9.91. The zero-order valence-electron chi connectivity index (χ0n) is 11.2. The van der Waals surface area contributed by atoms with Crippen molar-refractivity contribution in [1.29, 1.82) is 0 Å². The number of ether oxygens (including phenoxy) is 1. The largest absolute Gasteiger partial charge is 0.444 e. The Labute approximate surface area is 103 Å². The number of amides is 1. The fraction of sp³-hybridized carbons (Fsp3) is 0.833. The van der Waals surface area contributed by atoms with Crippen LogP contribution in [0.3, 0.4) is 0 Å². The van der Waals surface area contributed by atoms with Crippen LogP contribution in [0.4, 0.5) is 4.79 Å². The average Bonchev–Trinajstić information content (AvgIpc) is 2.12. The van der Waals surface area contributed by atoms with Crippen LogP contribution in [0.1, 0.15) is 41.0 Å². The Balaban J connectivity index is 4.65. The molecular formula is C12H22NO4. The SMILES string of the molecule is CC(C)C[C@@]([C]=O)(CO)NC(=O)OC(C)(C)C. The number of aliphatic hydroxyl groups excluding tert-OH is 1. The highest BCUT2D eigenvalue weighted by molar-refractivity contribution is 5.77. The predicted octanol–water partition coefficient (Wildman–Crippen LogP) is 1.40. The number of nitrogens with one attached hydrogen (secondary N) is 1. The van der Waals surface area contributed by atoms with E-state index in [1.165, 1.54) is 0 Å². The maximum Gasteiger partial charge on any atom is 0.408 e. The molecule has 0 bridgehead atoms. The van der Waals surface area contributed by atoms with E-state index in [2.05, 4.69) is 5.32 Å². The van der Waals surface area contributed by atoms with Gasteiger partial charge in [0.2, 0.25) is 6.29 Å². The van der Waals surface area contributed by atoms with Crippen LogP contribution in [0.25, 0.3) is 0 Å². The van der Waals surface area contributed by atoms with Crippen molar-refractivity contribution >= 4 is 12.4 Å². The van der Waals surface area contributed by atoms with Gasteiger partial charge in [-0.1, -0.05) is 13.8 Å². The summed E-state index contributed by atoms with van der Waals surface area (Å²) in [4.78, 5) is 22.5. The summed E-state index contributed by atoms with van der Waals surface area (Å²) in [5.74, 6) is 0.138. The van der Waals surface area contributed by atoms with Crippen molar-refractivity contribution in [2.75, 3.05) is 6.61 Å². The second-order valence-corrected chi connectivity index (χ2v) is 5.57. The predicted molar refractivity (Wildman–Crippen MR) is 64.3 cm³/mol. The number of alkyl carbamates (subject to hydrolysis) is 1. The molecule has 2 N–H and O–H groups in total. The van der Waals surface area contributed by atoms with Crippen molar-refractivity contribution in [3.63, 3.8) is 0 Å². The van der Waals surface area contributed by atoms with Crippen LogP contribution >= 0.6 is 0 Å². The number of hydrogen-bond donors (Lipinski definition) is 2. The van der Waals surface area contributed by atoms with Crippen LogP contribution in [0.5, 0.6) is 0 Å². The molecule has 0 fully saturated rings. The summed E-state index contributed by atoms with van der Waals surface area (Å²) in [5.41, 5.74) is -2.03. The molecule has 5 heteroatoms. The summed E-state index contributed by atoms with van der Waals surface area (Å²) in [5, 5.41) is 11.6. The van der Waals surface area contributed by atoms with Gasteiger partial charge in [0.15, 0.2) is 0 Å². The minimum atomic E-state index is -1.38. The number of carbonyl (C=O) groups excluding carboxylic acids is 2. The van der Waals surface area contributed by atoms with E-state index >= 15 is 0 Å². The molecule has 0 aliphatic rings. The van der Waals surface area contributed by atoms with Crippen molar-refractivity contribution < 1.29 is 19.4 Å². The summed E-state index contributed by atoms with van der Waals surface area (Å²) >= 11 is 0. The molecule has 0 unspecified atom stereocenters. The second-order valence-electron chi connectivity index (χ2n) is 5.57. The van der Waals surface area contributed by atoms with Crippen molar-refractivity contribution in [1.82, 2.24) is 5.32 Å². The van der Waals surface area contributed by atoms with Crippen LogP contribution in [0, 0.1) is 5.92 Å². The Morgan fingerprint density at radius 3 is 2.24 bits per heavy atom. The third-order valence-corrected chi connectivity index (χ3v) is 1.96. The van der Waals surface area contributed by atoms with Crippen LogP contribution in [-0.4, -0.2) is 35.2 Å². The number of hydrogen-bond acceptors (Lipinski definition) is 4. The minimum Gasteiger partial charge on any atom is -0.444 e. The molecule has 99 valence electrons. The molecule has 1 atom stereocenters. The summed E-state index contributed by atoms with van der Waals surface area (Å²) < 4.78 is 5.04. The quantitative estimate of drug-likeness (QED) is 0.766. The normalized spacial score (nSPS) is 15.2. The number of aliphatic hydroxyl groups is 1. The van der Waals surface area contributed by atoms with Gasteiger partial charge in [0.05, 0.1) is 6.61 Å². The zero-order valence-corrected chi connectivity index (χ0v) is 11.2. The fourth-order valence-corrected chi connectivity index (χ4v) is 1.45. The Hall–Kier alpha value is -1.10. The average molecular weight is 244 g/mol. The van der Waals surface area contributed by atoms with Gasteiger partial charge in [-0.3, -0.25) is 4.79 Å². The van der Waals surface area contributed by atoms with Crippen molar-refractivity contribution in [3.8, 4) is 0 Å². The van der Waals surface area contributed by atoms with Crippen LogP contribution in [0.2, 0.25) is 0 Å². The van der Waals surface area contributed by atoms with Gasteiger partial charge >= 0.3 is 6.09 Å². The molecule has 1 amide bonds. The highest BCUT2D eigenvalue weighted by atomic mass is 16.6. The van der Waals surface area contributed by atoms with Crippen molar-refractivity contribution in [3.05, 3.63) is 0 Å². The zero-order chi connectivity index (χ0) is 13.7. The first-order valence-corrected chi connectivity index (χ1v) is 5.65. The van der Waals surface area contributed by atoms with Gasteiger partial charge in [-0.25, -0.2) is 4.79 Å². The Morgan fingerprint density at radius 2 is 1.94 bits per heavy atom. The molecule has 1 radical (unpaired) electrons. The Kier molecular flexibility index (Phi) is 5.61. The van der Waals surface area contributed by atoms with E-state index in [1.54, 1.807) is 27.1 Å². The minimum absolute atomic E-state index is 0.138. The molecule has 0 aromatic heterocycles. The molecule has 0 spiro atoms. The second kappa shape index (κ2) is 6.00. The monoisotopic (exact) mass is 244 g/mol. The molecule has 0 saturated carbocycles. The van der Waals surface area contributed by atoms with Gasteiger partial charge in [0.25, 0.3) is 0 Å². The summed E-state index contributed by atoms with van der Waals surface area (Å²) in [6.45, 7) is 8.45. The maximum absolute atomic E-state index is 11.6. The van der Waals surface area contributed by atoms with Gasteiger partial charge < -0.3 is 15.2 Å². The third-order valence-electron chi connectivity index (χ3n) is 1.96. The molecule has 5 nitrogen and oxygen atoms in total. The van der Waals surface area contributed by atoms with E-state index in [1.807, 2.05) is 13.8 Å². The summed E-state index contributed by atoms with van der Waals surface area (Å²) in [7, 11) is 0. The fourth-order valence-electron chi connectivity index (χ4n) is 1.45. The van der Waals surface area contributed by atoms with E-state index in [0.717, 1.165) is 0 Å². The van der Waals surface area contributed by atoms with Gasteiger partial charge in [-0.15, -0.1) is 0 Å². The topological polar surface area (TPSA) is 75.6 Å². The Bertz CT molecular complexity index is 270. The highest BCUT2D eigenvalue weighted by Gasteiger charge is 2.34. The number of rotatable bonds is 5. The standard InChI is InChI=1S/C12H22NO4/c1-9(2)6-12(7-14,8-15)13-10(16)17-11(3,4)5/h9,14H,6-7H2,1-5H3,(H,13,16)/t12-/m0/s1. The van der Waals surface area contributed by atoms with Gasteiger partial charge in [-0.2, -0.15) is 0 Å². The molecule has 0 rings (SSSR count). The molecule has 0 aliphatic heterocycles. The first-order valence-electron chi connectivity index (χ1n) is 5.65. The van der Waals surface area contributed by atoms with E-state index < -0.39 is 23.8 Å². The lowest BCUT2D eigenvalue weighted by molar-refractivity contribution is 0.0436. The summed E-state index contributed by atoms with van der Waals surface area (Å²) in [6, 6.07) is 0. The van der Waals surface area contributed by atoms with Gasteiger partial charge in [-0.05, 0) is 33.1 Å². The smallest absolute Gasteiger partial charge is 0.408 e. The van der Waals surface area contributed by atoms with E-state index in [9.17, 15) is 14.7 Å². The Morgan fingerprint density at radius 1 is 1.41 bits per heavy atom. The lowest BCUT2D eigenvalue weighted by Gasteiger charge is -2.29. The molecule has 17 heavy (non-hydrogen) atoms. The third kappa shape index (κ3) is 6.26. The van der Waals surface area contributed by atoms with Crippen LogP contribution < -0.4 is 5.32 Å². The van der Waals surface area contributed by atoms with E-state index in [4.69, 9.17) is 4.74 Å². The molecule has 0 aliphatic carbocycles. The van der Waals surface area contributed by atoms with Gasteiger partial charge in [0.1, 0.15) is 11.1 Å². The van der Waals surface area contributed by atoms with Crippen molar-refractivity contribution in [2.24, 2.45) is 5.92 Å². The molecule has 0 heterocycles. The molecule has 0 saturated heterocycles. The first kappa shape index (κ1) is 15.9. The van der Waals surface area contributed by atoms with E-state index in [-0.39, 0.29) is 5.92 Å².